The van der Waals surface area contributed by atoms with Crippen molar-refractivity contribution in [3.8, 4) is 12.1 Å². The number of nitro benzene ring substituents is 1. The van der Waals surface area contributed by atoms with Crippen molar-refractivity contribution in [2.24, 2.45) is 5.10 Å². The highest BCUT2D eigenvalue weighted by atomic mass is 16.6. The normalized spacial score (nSPS) is 11.4. The molecule has 2 aromatic carbocycles. The third-order valence-electron chi connectivity index (χ3n) is 4.71. The number of hydrogen-bond acceptors (Lipinski definition) is 8. The predicted octanol–water partition coefficient (Wildman–Crippen LogP) is 3.79. The molecule has 0 spiro atoms. The number of carbonyl (C=O) groups excluding carboxylic acids is 2. The van der Waals surface area contributed by atoms with Crippen LogP contribution in [0.3, 0.4) is 0 Å². The van der Waals surface area contributed by atoms with Gasteiger partial charge in [0, 0.05) is 24.2 Å². The SMILES string of the molecule is COC(=O)N/N=C(/CCCC(=O)Nc1cccc([N+](=O)[O-])c1)C(C#N)c1ccc(CC#N)cc1. The second kappa shape index (κ2) is 12.9. The highest BCUT2D eigenvalue weighted by molar-refractivity contribution is 5.95. The number of amides is 2. The number of hydrazone groups is 1. The van der Waals surface area contributed by atoms with Gasteiger partial charge in [0.15, 0.2) is 0 Å². The molecule has 11 heteroatoms. The molecule has 11 nitrogen and oxygen atoms in total. The largest absolute Gasteiger partial charge is 0.452 e. The van der Waals surface area contributed by atoms with Gasteiger partial charge >= 0.3 is 6.09 Å². The molecule has 1 unspecified atom stereocenters. The number of nitriles is 2. The Kier molecular flexibility index (Phi) is 9.70. The number of nitrogens with one attached hydrogen (secondary N) is 2. The second-order valence-electron chi connectivity index (χ2n) is 7.05. The molecule has 2 N–H and O–H groups in total. The predicted molar refractivity (Wildman–Crippen MR) is 123 cm³/mol. The summed E-state index contributed by atoms with van der Waals surface area (Å²) in [5.41, 5.74) is 4.11. The van der Waals surface area contributed by atoms with E-state index in [0.29, 0.717) is 23.4 Å². The van der Waals surface area contributed by atoms with Crippen LogP contribution in [-0.4, -0.2) is 29.7 Å². The first-order chi connectivity index (χ1) is 16.4. The topological polar surface area (TPSA) is 171 Å². The van der Waals surface area contributed by atoms with E-state index in [4.69, 9.17) is 5.26 Å². The van der Waals surface area contributed by atoms with Gasteiger partial charge in [-0.25, -0.2) is 10.2 Å². The zero-order chi connectivity index (χ0) is 24.9. The highest BCUT2D eigenvalue weighted by Crippen LogP contribution is 2.22. The molecule has 0 aliphatic heterocycles. The number of nitrogens with zero attached hydrogens (tertiary/aromatic N) is 4. The van der Waals surface area contributed by atoms with Crippen molar-refractivity contribution >= 4 is 29.1 Å². The van der Waals surface area contributed by atoms with Gasteiger partial charge in [-0.2, -0.15) is 15.6 Å². The Morgan fingerprint density at radius 3 is 2.53 bits per heavy atom. The minimum Gasteiger partial charge on any atom is -0.452 e. The average molecular weight is 462 g/mol. The van der Waals surface area contributed by atoms with Gasteiger partial charge in [-0.05, 0) is 30.0 Å². The van der Waals surface area contributed by atoms with E-state index in [9.17, 15) is 25.0 Å². The first kappa shape index (κ1) is 25.5. The molecule has 0 fully saturated rings. The molecule has 0 aromatic heterocycles. The number of rotatable bonds is 10. The maximum Gasteiger partial charge on any atom is 0.427 e. The summed E-state index contributed by atoms with van der Waals surface area (Å²) < 4.78 is 4.52. The fraction of sp³-hybridized carbons (Fsp3) is 0.261. The third-order valence-corrected chi connectivity index (χ3v) is 4.71. The molecule has 1 atom stereocenters. The number of methoxy groups -OCH3 is 1. The minimum atomic E-state index is -0.804. The molecule has 2 amide bonds. The quantitative estimate of drug-likeness (QED) is 0.307. The van der Waals surface area contributed by atoms with Gasteiger partial charge in [-0.3, -0.25) is 14.9 Å². The molecule has 2 rings (SSSR count). The summed E-state index contributed by atoms with van der Waals surface area (Å²) in [5.74, 6) is -1.16. The van der Waals surface area contributed by atoms with Crippen molar-refractivity contribution in [3.63, 3.8) is 0 Å². The number of benzene rings is 2. The van der Waals surface area contributed by atoms with Gasteiger partial charge in [0.1, 0.15) is 5.92 Å². The zero-order valence-electron chi connectivity index (χ0n) is 18.4. The van der Waals surface area contributed by atoms with Gasteiger partial charge in [-0.15, -0.1) is 0 Å². The summed E-state index contributed by atoms with van der Waals surface area (Å²) in [6, 6.07) is 16.7. The average Bonchev–Trinajstić information content (AvgIpc) is 2.83. The minimum absolute atomic E-state index is 0.0548. The van der Waals surface area contributed by atoms with Crippen molar-refractivity contribution in [3.05, 3.63) is 69.8 Å². The lowest BCUT2D eigenvalue weighted by molar-refractivity contribution is -0.384. The number of non-ortho nitro benzene ring substituents is 1. The van der Waals surface area contributed by atoms with Crippen LogP contribution in [0.1, 0.15) is 36.3 Å². The van der Waals surface area contributed by atoms with E-state index < -0.39 is 16.9 Å². The number of nitro groups is 1. The number of hydrogen-bond donors (Lipinski definition) is 2. The lowest BCUT2D eigenvalue weighted by Gasteiger charge is -2.14. The molecule has 0 heterocycles. The van der Waals surface area contributed by atoms with Crippen molar-refractivity contribution in [2.45, 2.75) is 31.6 Å². The Balaban J connectivity index is 2.08. The molecule has 0 bridgehead atoms. The molecular formula is C23H22N6O5. The molecule has 0 aliphatic rings. The summed E-state index contributed by atoms with van der Waals surface area (Å²) in [4.78, 5) is 34.1. The van der Waals surface area contributed by atoms with Gasteiger partial charge in [0.05, 0.1) is 36.3 Å². The fourth-order valence-corrected chi connectivity index (χ4v) is 3.04. The van der Waals surface area contributed by atoms with Crippen LogP contribution >= 0.6 is 0 Å². The number of ether oxygens (including phenoxy) is 1. The smallest absolute Gasteiger partial charge is 0.427 e. The van der Waals surface area contributed by atoms with Gasteiger partial charge in [-0.1, -0.05) is 30.3 Å². The molecule has 0 aliphatic carbocycles. The Hall–Kier alpha value is -4.77. The Morgan fingerprint density at radius 1 is 1.18 bits per heavy atom. The molecule has 2 aromatic rings. The monoisotopic (exact) mass is 462 g/mol. The van der Waals surface area contributed by atoms with Crippen LogP contribution in [0.4, 0.5) is 16.2 Å². The van der Waals surface area contributed by atoms with Crippen molar-refractivity contribution in [1.29, 1.82) is 10.5 Å². The molecule has 0 radical (unpaired) electrons. The second-order valence-corrected chi connectivity index (χ2v) is 7.05. The van der Waals surface area contributed by atoms with Crippen LogP contribution in [0, 0.1) is 32.8 Å². The lowest BCUT2D eigenvalue weighted by atomic mass is 9.91. The molecule has 0 saturated heterocycles. The maximum absolute atomic E-state index is 12.3. The molecule has 34 heavy (non-hydrogen) atoms. The number of carbonyl (C=O) groups is 2. The van der Waals surface area contributed by atoms with Crippen molar-refractivity contribution in [1.82, 2.24) is 5.43 Å². The van der Waals surface area contributed by atoms with Gasteiger partial charge in [0.2, 0.25) is 5.91 Å². The first-order valence-electron chi connectivity index (χ1n) is 10.2. The van der Waals surface area contributed by atoms with E-state index in [0.717, 1.165) is 5.56 Å². The van der Waals surface area contributed by atoms with E-state index in [-0.39, 0.29) is 30.9 Å². The van der Waals surface area contributed by atoms with Crippen molar-refractivity contribution in [2.75, 3.05) is 12.4 Å². The zero-order valence-corrected chi connectivity index (χ0v) is 18.4. The maximum atomic E-state index is 12.3. The fourth-order valence-electron chi connectivity index (χ4n) is 3.04. The van der Waals surface area contributed by atoms with E-state index in [2.05, 4.69) is 32.7 Å². The van der Waals surface area contributed by atoms with Crippen molar-refractivity contribution < 1.29 is 19.2 Å². The van der Waals surface area contributed by atoms with Crippen LogP contribution in [0.25, 0.3) is 0 Å². The van der Waals surface area contributed by atoms with Gasteiger partial charge < -0.3 is 10.1 Å². The summed E-state index contributed by atoms with van der Waals surface area (Å²) in [6.45, 7) is 0. The molecule has 174 valence electrons. The van der Waals surface area contributed by atoms with Crippen LogP contribution in [0.5, 0.6) is 0 Å². The van der Waals surface area contributed by atoms with E-state index in [1.807, 2.05) is 0 Å². The summed E-state index contributed by atoms with van der Waals surface area (Å²) >= 11 is 0. The first-order valence-corrected chi connectivity index (χ1v) is 10.2. The Bertz CT molecular complexity index is 1150. The van der Waals surface area contributed by atoms with Gasteiger partial charge in [0.25, 0.3) is 5.69 Å². The number of anilines is 1. The lowest BCUT2D eigenvalue weighted by Crippen LogP contribution is -2.22. The van der Waals surface area contributed by atoms with E-state index in [1.54, 1.807) is 30.3 Å². The standard InChI is InChI=1S/C23H22N6O5/c1-34-23(31)28-27-21(20(15-25)17-10-8-16(9-11-17)12-13-24)6-3-7-22(30)26-18-4-2-5-19(14-18)29(32)33/h2,4-5,8-11,14,20H,3,6-7,12H2,1H3,(H,26,30)(H,28,31)/b27-21-. The van der Waals surface area contributed by atoms with Crippen LogP contribution in [0.15, 0.2) is 53.6 Å². The van der Waals surface area contributed by atoms with Crippen LogP contribution in [0.2, 0.25) is 0 Å². The summed E-state index contributed by atoms with van der Waals surface area (Å²) in [5, 5.41) is 36.1. The molecular weight excluding hydrogens is 440 g/mol. The van der Waals surface area contributed by atoms with E-state index >= 15 is 0 Å². The third kappa shape index (κ3) is 7.73. The summed E-state index contributed by atoms with van der Waals surface area (Å²) in [6.07, 6.45) is 0.000722. The van der Waals surface area contributed by atoms with Crippen LogP contribution < -0.4 is 10.7 Å². The Morgan fingerprint density at radius 2 is 1.91 bits per heavy atom. The van der Waals surface area contributed by atoms with Crippen LogP contribution in [-0.2, 0) is 16.0 Å². The molecule has 0 saturated carbocycles. The Labute approximate surface area is 195 Å². The summed E-state index contributed by atoms with van der Waals surface area (Å²) in [7, 11) is 1.18. The highest BCUT2D eigenvalue weighted by Gasteiger charge is 2.19. The van der Waals surface area contributed by atoms with E-state index in [1.165, 1.54) is 25.3 Å².